The average molecular weight is 485 g/mol. The fraction of sp³-hybridized carbons (Fsp3) is 0.360. The molecule has 0 aliphatic carbocycles. The summed E-state index contributed by atoms with van der Waals surface area (Å²) in [7, 11) is 1.41. The third-order valence-electron chi connectivity index (χ3n) is 6.06. The lowest BCUT2D eigenvalue weighted by Gasteiger charge is -2.46. The first-order valence-corrected chi connectivity index (χ1v) is 10.9. The van der Waals surface area contributed by atoms with Crippen LogP contribution in [0.3, 0.4) is 0 Å². The third kappa shape index (κ3) is 4.48. The molecule has 1 aliphatic rings. The highest BCUT2D eigenvalue weighted by Crippen LogP contribution is 2.37. The highest BCUT2D eigenvalue weighted by atomic mass is 16.7. The second-order valence-corrected chi connectivity index (χ2v) is 8.84. The number of aliphatic hydroxyl groups excluding tert-OH is 2. The van der Waals surface area contributed by atoms with Gasteiger partial charge in [0.15, 0.2) is 11.4 Å². The Kier molecular flexibility index (Phi) is 6.56. The van der Waals surface area contributed by atoms with Crippen LogP contribution in [0.1, 0.15) is 29.8 Å². The molecule has 0 unspecified atom stereocenters. The number of fused-ring (bicyclic) bond motifs is 1. The smallest absolute Gasteiger partial charge is 0.364 e. The Morgan fingerprint density at radius 2 is 1.77 bits per heavy atom. The summed E-state index contributed by atoms with van der Waals surface area (Å²) in [6.07, 6.45) is -4.71. The molecule has 2 heterocycles. The maximum Gasteiger partial charge on any atom is 0.364 e. The van der Waals surface area contributed by atoms with Crippen molar-refractivity contribution in [1.29, 1.82) is 0 Å². The number of carbonyl (C=O) groups excluding carboxylic acids is 1. The minimum absolute atomic E-state index is 0.0302. The Bertz CT molecular complexity index is 1300. The van der Waals surface area contributed by atoms with Crippen molar-refractivity contribution in [2.45, 2.75) is 51.0 Å². The molecule has 1 fully saturated rings. The van der Waals surface area contributed by atoms with Gasteiger partial charge in [-0.1, -0.05) is 18.2 Å². The topological polar surface area (TPSA) is 148 Å². The maximum atomic E-state index is 12.6. The number of hydrogen-bond donors (Lipinski definition) is 4. The van der Waals surface area contributed by atoms with Crippen LogP contribution in [-0.2, 0) is 9.47 Å². The highest BCUT2D eigenvalue weighted by molar-refractivity contribution is 6.06. The van der Waals surface area contributed by atoms with Gasteiger partial charge in [-0.15, -0.1) is 0 Å². The summed E-state index contributed by atoms with van der Waals surface area (Å²) in [4.78, 5) is 25.1. The Morgan fingerprint density at radius 1 is 1.09 bits per heavy atom. The molecule has 35 heavy (non-hydrogen) atoms. The Hall–Kier alpha value is -3.44. The van der Waals surface area contributed by atoms with Crippen molar-refractivity contribution < 1.29 is 38.7 Å². The fourth-order valence-corrected chi connectivity index (χ4v) is 4.21. The summed E-state index contributed by atoms with van der Waals surface area (Å²) in [5.74, 6) is -0.837. The van der Waals surface area contributed by atoms with Crippen LogP contribution in [0, 0.1) is 6.92 Å². The molecule has 4 rings (SSSR count). The molecule has 1 aliphatic heterocycles. The molecular weight excluding hydrogens is 458 g/mol. The van der Waals surface area contributed by atoms with Crippen molar-refractivity contribution >= 4 is 22.6 Å². The third-order valence-corrected chi connectivity index (χ3v) is 6.06. The Morgan fingerprint density at radius 3 is 2.43 bits per heavy atom. The van der Waals surface area contributed by atoms with E-state index in [9.17, 15) is 24.9 Å². The predicted octanol–water partition coefficient (Wildman–Crippen LogP) is 2.31. The molecule has 1 aromatic heterocycles. The summed E-state index contributed by atoms with van der Waals surface area (Å²) in [5, 5.41) is 34.3. The number of amides is 1. The maximum absolute atomic E-state index is 12.6. The molecule has 10 heteroatoms. The molecule has 0 bridgehead atoms. The number of carbonyl (C=O) groups is 1. The van der Waals surface area contributed by atoms with E-state index in [1.807, 2.05) is 0 Å². The second-order valence-electron chi connectivity index (χ2n) is 8.84. The fourth-order valence-electron chi connectivity index (χ4n) is 4.21. The number of ether oxygens (including phenoxy) is 3. The van der Waals surface area contributed by atoms with Gasteiger partial charge in [0.25, 0.3) is 5.91 Å². The molecule has 1 amide bonds. The SMILES string of the molecule is CO[C@@H]1[C@@H](O)[C@@H](O)[C@H](Oc2ccc3c(O)c(NC(=O)c4ccccc4)c(=O)oc3c2C)OC1(C)C. The van der Waals surface area contributed by atoms with Crippen molar-refractivity contribution in [3.8, 4) is 11.5 Å². The number of aryl methyl sites for hydroxylation is 1. The number of hydrogen-bond acceptors (Lipinski definition) is 9. The Balaban J connectivity index is 1.65. The summed E-state index contributed by atoms with van der Waals surface area (Å²) in [6.45, 7) is 4.99. The van der Waals surface area contributed by atoms with Crippen LogP contribution in [-0.4, -0.2) is 58.5 Å². The van der Waals surface area contributed by atoms with Crippen LogP contribution < -0.4 is 15.7 Å². The van der Waals surface area contributed by atoms with Crippen LogP contribution in [0.25, 0.3) is 11.0 Å². The molecule has 4 atom stereocenters. The molecule has 0 saturated carbocycles. The first kappa shape index (κ1) is 24.7. The molecule has 2 aromatic carbocycles. The number of aliphatic hydroxyl groups is 2. The zero-order valence-corrected chi connectivity index (χ0v) is 19.6. The van der Waals surface area contributed by atoms with E-state index in [1.54, 1.807) is 51.1 Å². The van der Waals surface area contributed by atoms with Gasteiger partial charge in [-0.2, -0.15) is 0 Å². The number of rotatable bonds is 5. The zero-order valence-electron chi connectivity index (χ0n) is 19.6. The van der Waals surface area contributed by atoms with Crippen molar-refractivity contribution in [1.82, 2.24) is 0 Å². The number of anilines is 1. The number of methoxy groups -OCH3 is 1. The first-order chi connectivity index (χ1) is 16.5. The number of benzene rings is 2. The van der Waals surface area contributed by atoms with E-state index in [0.29, 0.717) is 11.1 Å². The van der Waals surface area contributed by atoms with E-state index in [4.69, 9.17) is 18.6 Å². The minimum atomic E-state index is -1.42. The van der Waals surface area contributed by atoms with Gasteiger partial charge in [-0.3, -0.25) is 4.79 Å². The molecule has 1 saturated heterocycles. The van der Waals surface area contributed by atoms with Gasteiger partial charge in [-0.05, 0) is 45.0 Å². The monoisotopic (exact) mass is 485 g/mol. The van der Waals surface area contributed by atoms with E-state index >= 15 is 0 Å². The lowest BCUT2D eigenvalue weighted by Crippen LogP contribution is -2.63. The molecule has 0 spiro atoms. The van der Waals surface area contributed by atoms with Crippen molar-refractivity contribution in [2.24, 2.45) is 0 Å². The van der Waals surface area contributed by atoms with Gasteiger partial charge in [-0.25, -0.2) is 4.79 Å². The molecule has 3 aromatic rings. The predicted molar refractivity (Wildman–Crippen MR) is 126 cm³/mol. The molecule has 186 valence electrons. The quantitative estimate of drug-likeness (QED) is 0.400. The normalized spacial score (nSPS) is 23.7. The Labute approximate surface area is 200 Å². The van der Waals surface area contributed by atoms with Crippen LogP contribution in [0.4, 0.5) is 5.69 Å². The van der Waals surface area contributed by atoms with E-state index in [2.05, 4.69) is 5.32 Å². The van der Waals surface area contributed by atoms with Crippen LogP contribution >= 0.6 is 0 Å². The average Bonchev–Trinajstić information content (AvgIpc) is 2.82. The standard InChI is InChI=1S/C25H27NO9/c1-12-15(33-24-19(29)18(28)21(32-4)25(2,3)35-24)11-10-14-17(27)16(23(31)34-20(12)14)26-22(30)13-8-6-5-7-9-13/h5-11,18-19,21,24,27-29H,1-4H3,(H,26,30)/t18-,19+,21+,24+/m0/s1. The molecular formula is C25H27NO9. The molecule has 0 radical (unpaired) electrons. The summed E-state index contributed by atoms with van der Waals surface area (Å²) >= 11 is 0. The minimum Gasteiger partial charge on any atom is -0.505 e. The summed E-state index contributed by atoms with van der Waals surface area (Å²) in [6, 6.07) is 11.2. The van der Waals surface area contributed by atoms with Crippen molar-refractivity contribution in [3.05, 3.63) is 64.0 Å². The van der Waals surface area contributed by atoms with Gasteiger partial charge < -0.3 is 39.3 Å². The lowest BCUT2D eigenvalue weighted by atomic mass is 9.89. The number of aromatic hydroxyl groups is 1. The van der Waals surface area contributed by atoms with Gasteiger partial charge in [0.2, 0.25) is 6.29 Å². The van der Waals surface area contributed by atoms with E-state index in [-0.39, 0.29) is 22.4 Å². The van der Waals surface area contributed by atoms with Crippen molar-refractivity contribution in [3.63, 3.8) is 0 Å². The molecule has 10 nitrogen and oxygen atoms in total. The number of nitrogens with one attached hydrogen (secondary N) is 1. The second kappa shape index (κ2) is 9.31. The van der Waals surface area contributed by atoms with Gasteiger partial charge in [0.05, 0.1) is 11.0 Å². The van der Waals surface area contributed by atoms with Crippen LogP contribution in [0.2, 0.25) is 0 Å². The van der Waals surface area contributed by atoms with Gasteiger partial charge >= 0.3 is 5.63 Å². The van der Waals surface area contributed by atoms with Crippen LogP contribution in [0.15, 0.2) is 51.7 Å². The van der Waals surface area contributed by atoms with Gasteiger partial charge in [0, 0.05) is 18.2 Å². The first-order valence-electron chi connectivity index (χ1n) is 10.9. The van der Waals surface area contributed by atoms with E-state index < -0.39 is 47.5 Å². The lowest BCUT2D eigenvalue weighted by molar-refractivity contribution is -0.306. The van der Waals surface area contributed by atoms with Crippen molar-refractivity contribution in [2.75, 3.05) is 12.4 Å². The molecule has 4 N–H and O–H groups in total. The highest BCUT2D eigenvalue weighted by Gasteiger charge is 2.50. The largest absolute Gasteiger partial charge is 0.505 e. The van der Waals surface area contributed by atoms with Crippen LogP contribution in [0.5, 0.6) is 11.5 Å². The summed E-state index contributed by atoms with van der Waals surface area (Å²) < 4.78 is 22.3. The summed E-state index contributed by atoms with van der Waals surface area (Å²) in [5.41, 5.74) is -1.64. The zero-order chi connectivity index (χ0) is 25.5. The van der Waals surface area contributed by atoms with E-state index in [1.165, 1.54) is 19.2 Å². The van der Waals surface area contributed by atoms with Gasteiger partial charge in [0.1, 0.15) is 29.6 Å². The van der Waals surface area contributed by atoms with E-state index in [0.717, 1.165) is 0 Å².